The Morgan fingerprint density at radius 1 is 0.222 bits per heavy atom. The number of hydrogen-bond acceptors (Lipinski definition) is 0. The van der Waals surface area contributed by atoms with E-state index in [0.717, 1.165) is 0 Å². The second-order valence-corrected chi connectivity index (χ2v) is 17.7. The van der Waals surface area contributed by atoms with Gasteiger partial charge in [0.25, 0.3) is 0 Å². The first-order valence-electron chi connectivity index (χ1n) is 22.1. The average molecular weight is 801 g/mol. The second kappa shape index (κ2) is 14.7. The second-order valence-electron chi connectivity index (χ2n) is 17.7. The summed E-state index contributed by atoms with van der Waals surface area (Å²) in [5, 5.41) is 12.4. The molecule has 63 heavy (non-hydrogen) atoms. The fraction of sp³-hybridized carbons (Fsp3) is 0.0476. The maximum absolute atomic E-state index is 2.43. The van der Waals surface area contributed by atoms with Crippen LogP contribution in [-0.2, 0) is 5.41 Å². The maximum Gasteiger partial charge on any atom is 0.0159 e. The number of fused-ring (bicyclic) bond motifs is 9. The molecule has 1 aliphatic carbocycles. The number of benzene rings is 10. The topological polar surface area (TPSA) is 0 Å². The molecule has 11 aromatic carbocycles. The van der Waals surface area contributed by atoms with Crippen LogP contribution in [-0.4, -0.2) is 0 Å². The molecular weight excluding hydrogens is 757 g/mol. The summed E-state index contributed by atoms with van der Waals surface area (Å²) in [6.07, 6.45) is 0. The summed E-state index contributed by atoms with van der Waals surface area (Å²) in [7, 11) is 0. The van der Waals surface area contributed by atoms with Gasteiger partial charge in [-0.15, -0.1) is 0 Å². The normalized spacial score (nSPS) is 12.7. The van der Waals surface area contributed by atoms with Crippen LogP contribution in [0.25, 0.3) is 109 Å². The van der Waals surface area contributed by atoms with Gasteiger partial charge in [0.05, 0.1) is 0 Å². The molecule has 0 heterocycles. The van der Waals surface area contributed by atoms with Crippen LogP contribution in [0.5, 0.6) is 0 Å². The van der Waals surface area contributed by atoms with Crippen molar-refractivity contribution < 1.29 is 0 Å². The molecule has 0 spiro atoms. The Morgan fingerprint density at radius 2 is 0.651 bits per heavy atom. The fourth-order valence-corrected chi connectivity index (χ4v) is 10.2. The lowest BCUT2D eigenvalue weighted by Gasteiger charge is -2.22. The summed E-state index contributed by atoms with van der Waals surface area (Å²) in [6, 6.07) is 85.6. The van der Waals surface area contributed by atoms with Gasteiger partial charge in [-0.25, -0.2) is 0 Å². The van der Waals surface area contributed by atoms with E-state index in [0.29, 0.717) is 0 Å². The van der Waals surface area contributed by atoms with Crippen molar-refractivity contribution in [3.8, 4) is 55.6 Å². The van der Waals surface area contributed by atoms with E-state index >= 15 is 0 Å². The summed E-state index contributed by atoms with van der Waals surface area (Å²) in [5.41, 5.74) is 15.3. The standard InChI is InChI=1S/C63H44/c1-63(2)61-39-50(41-12-4-3-5-13-41)30-32-58(61)59-33-31-51(40-62(59)63)48-28-27-45-34-47(26-25-46(45)35-48)49-24-20-42-21-29-53(37-54(42)36-49)57-19-10-7-15-44-23-22-43-14-6-9-17-55(43)60(44)38-52-16-8-11-18-56(52)57/h3-40H,1-2H3. The van der Waals surface area contributed by atoms with E-state index in [4.69, 9.17) is 0 Å². The Kier molecular flexibility index (Phi) is 8.63. The van der Waals surface area contributed by atoms with Crippen LogP contribution in [0.2, 0.25) is 0 Å². The molecule has 0 amide bonds. The van der Waals surface area contributed by atoms with E-state index < -0.39 is 0 Å². The molecule has 0 nitrogen and oxygen atoms in total. The molecule has 0 unspecified atom stereocenters. The van der Waals surface area contributed by atoms with Gasteiger partial charge in [-0.2, -0.15) is 0 Å². The van der Waals surface area contributed by atoms with Crippen molar-refractivity contribution in [2.24, 2.45) is 0 Å². The van der Waals surface area contributed by atoms with Crippen LogP contribution in [0.4, 0.5) is 0 Å². The molecule has 0 atom stereocenters. The van der Waals surface area contributed by atoms with Gasteiger partial charge >= 0.3 is 0 Å². The SMILES string of the molecule is CC1(C)c2cc(-c3ccccc3)ccc2-c2ccc(-c3ccc4cc(-c5ccc6ccc(-c7ccccc8ccc9ccccc9c8cc8ccccc78)cc6c5)ccc4c3)cc21. The highest BCUT2D eigenvalue weighted by molar-refractivity contribution is 6.10. The van der Waals surface area contributed by atoms with Crippen LogP contribution < -0.4 is 0 Å². The van der Waals surface area contributed by atoms with E-state index in [1.807, 2.05) is 0 Å². The third-order valence-electron chi connectivity index (χ3n) is 13.6. The van der Waals surface area contributed by atoms with E-state index in [1.165, 1.54) is 121 Å². The van der Waals surface area contributed by atoms with Crippen molar-refractivity contribution in [3.63, 3.8) is 0 Å². The van der Waals surface area contributed by atoms with E-state index in [2.05, 4.69) is 244 Å². The minimum absolute atomic E-state index is 0.0931. The first-order valence-corrected chi connectivity index (χ1v) is 22.1. The highest BCUT2D eigenvalue weighted by atomic mass is 14.4. The summed E-state index contributed by atoms with van der Waals surface area (Å²) in [6.45, 7) is 4.75. The maximum atomic E-state index is 2.43. The van der Waals surface area contributed by atoms with Crippen molar-refractivity contribution in [2.45, 2.75) is 19.3 Å². The molecule has 12 rings (SSSR count). The van der Waals surface area contributed by atoms with Crippen molar-refractivity contribution in [1.82, 2.24) is 0 Å². The predicted octanol–water partition coefficient (Wildman–Crippen LogP) is 17.6. The Bertz CT molecular complexity index is 3700. The zero-order valence-corrected chi connectivity index (χ0v) is 35.4. The lowest BCUT2D eigenvalue weighted by Crippen LogP contribution is -2.15. The van der Waals surface area contributed by atoms with Gasteiger partial charge in [-0.3, -0.25) is 0 Å². The van der Waals surface area contributed by atoms with Gasteiger partial charge < -0.3 is 0 Å². The zero-order valence-electron chi connectivity index (χ0n) is 35.4. The minimum atomic E-state index is -0.0931. The van der Waals surface area contributed by atoms with Gasteiger partial charge in [-0.05, 0) is 163 Å². The zero-order chi connectivity index (χ0) is 42.1. The Hall–Kier alpha value is -7.80. The van der Waals surface area contributed by atoms with Crippen molar-refractivity contribution in [2.75, 3.05) is 0 Å². The summed E-state index contributed by atoms with van der Waals surface area (Å²) >= 11 is 0. The lowest BCUT2D eigenvalue weighted by atomic mass is 9.81. The first kappa shape index (κ1) is 37.0. The quantitative estimate of drug-likeness (QED) is 0.166. The third-order valence-corrected chi connectivity index (χ3v) is 13.6. The fourth-order valence-electron chi connectivity index (χ4n) is 10.2. The van der Waals surface area contributed by atoms with E-state index in [1.54, 1.807) is 0 Å². The number of rotatable bonds is 4. The Balaban J connectivity index is 0.883. The molecule has 0 heteroatoms. The Labute approximate surface area is 368 Å². The van der Waals surface area contributed by atoms with Crippen molar-refractivity contribution in [3.05, 3.63) is 242 Å². The van der Waals surface area contributed by atoms with Crippen molar-refractivity contribution in [1.29, 1.82) is 0 Å². The molecule has 0 aromatic heterocycles. The smallest absolute Gasteiger partial charge is 0.0159 e. The van der Waals surface area contributed by atoms with E-state index in [9.17, 15) is 0 Å². The van der Waals surface area contributed by atoms with Crippen LogP contribution >= 0.6 is 0 Å². The molecule has 0 fully saturated rings. The molecule has 0 saturated carbocycles. The number of hydrogen-bond donors (Lipinski definition) is 0. The molecule has 11 aromatic rings. The van der Waals surface area contributed by atoms with Crippen molar-refractivity contribution >= 4 is 53.9 Å². The molecular formula is C63H44. The molecule has 0 N–H and O–H groups in total. The predicted molar refractivity (Wildman–Crippen MR) is 271 cm³/mol. The summed E-state index contributed by atoms with van der Waals surface area (Å²) in [4.78, 5) is 0. The van der Waals surface area contributed by atoms with Gasteiger partial charge in [0.2, 0.25) is 0 Å². The van der Waals surface area contributed by atoms with Gasteiger partial charge in [0.1, 0.15) is 0 Å². The van der Waals surface area contributed by atoms with Crippen LogP contribution in [0.3, 0.4) is 0 Å². The highest BCUT2D eigenvalue weighted by Gasteiger charge is 2.36. The van der Waals surface area contributed by atoms with Gasteiger partial charge in [0, 0.05) is 5.41 Å². The molecule has 0 saturated heterocycles. The highest BCUT2D eigenvalue weighted by Crippen LogP contribution is 2.51. The monoisotopic (exact) mass is 800 g/mol. The lowest BCUT2D eigenvalue weighted by molar-refractivity contribution is 0.661. The van der Waals surface area contributed by atoms with Gasteiger partial charge in [-0.1, -0.05) is 202 Å². The van der Waals surface area contributed by atoms with Gasteiger partial charge in [0.15, 0.2) is 0 Å². The molecule has 0 aliphatic heterocycles. The van der Waals surface area contributed by atoms with Crippen LogP contribution in [0, 0.1) is 0 Å². The molecule has 0 radical (unpaired) electrons. The minimum Gasteiger partial charge on any atom is -0.0622 e. The first-order chi connectivity index (χ1) is 30.9. The van der Waals surface area contributed by atoms with E-state index in [-0.39, 0.29) is 5.41 Å². The summed E-state index contributed by atoms with van der Waals surface area (Å²) in [5.74, 6) is 0. The average Bonchev–Trinajstić information content (AvgIpc) is 3.56. The summed E-state index contributed by atoms with van der Waals surface area (Å²) < 4.78 is 0. The molecule has 296 valence electrons. The Morgan fingerprint density at radius 3 is 1.30 bits per heavy atom. The third kappa shape index (κ3) is 6.38. The molecule has 0 bridgehead atoms. The van der Waals surface area contributed by atoms with Crippen LogP contribution in [0.15, 0.2) is 231 Å². The molecule has 1 aliphatic rings. The largest absolute Gasteiger partial charge is 0.0622 e. The van der Waals surface area contributed by atoms with Crippen LogP contribution in [0.1, 0.15) is 25.0 Å².